The molecule has 20 heavy (non-hydrogen) atoms. The average Bonchev–Trinajstić information content (AvgIpc) is 2.38. The third-order valence-electron chi connectivity index (χ3n) is 2.60. The number of rotatable bonds is 6. The SMILES string of the molecule is CC(NC(=O)NC(=O)CCCC(=O)O)c1ccncc1. The first-order valence-corrected chi connectivity index (χ1v) is 6.21. The van der Waals surface area contributed by atoms with Crippen LogP contribution in [0.3, 0.4) is 0 Å². The van der Waals surface area contributed by atoms with Crippen molar-refractivity contribution in [2.45, 2.75) is 32.2 Å². The number of aliphatic carboxylic acids is 1. The minimum atomic E-state index is -0.964. The summed E-state index contributed by atoms with van der Waals surface area (Å²) in [6.07, 6.45) is 3.34. The molecule has 0 saturated carbocycles. The molecule has 108 valence electrons. The van der Waals surface area contributed by atoms with Crippen LogP contribution in [-0.4, -0.2) is 28.0 Å². The van der Waals surface area contributed by atoms with E-state index in [4.69, 9.17) is 5.11 Å². The molecule has 0 aliphatic rings. The van der Waals surface area contributed by atoms with Gasteiger partial charge in [-0.3, -0.25) is 19.9 Å². The molecule has 0 bridgehead atoms. The van der Waals surface area contributed by atoms with E-state index >= 15 is 0 Å². The van der Waals surface area contributed by atoms with Gasteiger partial charge in [0.25, 0.3) is 0 Å². The number of nitrogens with one attached hydrogen (secondary N) is 2. The third kappa shape index (κ3) is 5.94. The summed E-state index contributed by atoms with van der Waals surface area (Å²) in [4.78, 5) is 37.1. The highest BCUT2D eigenvalue weighted by Gasteiger charge is 2.12. The highest BCUT2D eigenvalue weighted by molar-refractivity contribution is 5.94. The molecule has 0 spiro atoms. The summed E-state index contributed by atoms with van der Waals surface area (Å²) in [5.41, 5.74) is 0.869. The zero-order chi connectivity index (χ0) is 15.0. The van der Waals surface area contributed by atoms with Gasteiger partial charge in [-0.05, 0) is 31.0 Å². The maximum absolute atomic E-state index is 11.6. The highest BCUT2D eigenvalue weighted by atomic mass is 16.4. The van der Waals surface area contributed by atoms with E-state index in [-0.39, 0.29) is 25.3 Å². The molecule has 1 aromatic heterocycles. The molecule has 7 heteroatoms. The van der Waals surface area contributed by atoms with Crippen molar-refractivity contribution in [2.24, 2.45) is 0 Å². The Morgan fingerprint density at radius 2 is 1.90 bits per heavy atom. The van der Waals surface area contributed by atoms with E-state index in [0.717, 1.165) is 5.56 Å². The fourth-order valence-electron chi connectivity index (χ4n) is 1.56. The van der Waals surface area contributed by atoms with Crippen molar-refractivity contribution in [3.8, 4) is 0 Å². The zero-order valence-corrected chi connectivity index (χ0v) is 11.1. The molecule has 3 amide bonds. The minimum Gasteiger partial charge on any atom is -0.481 e. The summed E-state index contributed by atoms with van der Waals surface area (Å²) in [6, 6.07) is 2.67. The normalized spacial score (nSPS) is 11.4. The Balaban J connectivity index is 2.32. The maximum atomic E-state index is 11.6. The van der Waals surface area contributed by atoms with Crippen LogP contribution in [0.2, 0.25) is 0 Å². The van der Waals surface area contributed by atoms with Crippen LogP contribution in [0.15, 0.2) is 24.5 Å². The first kappa shape index (κ1) is 15.6. The third-order valence-corrected chi connectivity index (χ3v) is 2.60. The van der Waals surface area contributed by atoms with Gasteiger partial charge in [0.15, 0.2) is 0 Å². The fraction of sp³-hybridized carbons (Fsp3) is 0.385. The molecule has 3 N–H and O–H groups in total. The molecule has 1 atom stereocenters. The number of carboxylic acids is 1. The lowest BCUT2D eigenvalue weighted by atomic mass is 10.1. The largest absolute Gasteiger partial charge is 0.481 e. The Bertz CT molecular complexity index is 476. The van der Waals surface area contributed by atoms with E-state index in [9.17, 15) is 14.4 Å². The predicted octanol–water partition coefficient (Wildman–Crippen LogP) is 1.22. The number of hydrogen-bond donors (Lipinski definition) is 3. The number of imide groups is 1. The Kier molecular flexibility index (Phi) is 6.15. The molecule has 1 heterocycles. The molecule has 7 nitrogen and oxygen atoms in total. The molecular formula is C13H17N3O4. The van der Waals surface area contributed by atoms with Gasteiger partial charge < -0.3 is 10.4 Å². The number of nitrogens with zero attached hydrogens (tertiary/aromatic N) is 1. The van der Waals surface area contributed by atoms with Crippen molar-refractivity contribution in [3.63, 3.8) is 0 Å². The lowest BCUT2D eigenvalue weighted by molar-refractivity contribution is -0.137. The number of carboxylic acid groups (broad SMARTS) is 1. The van der Waals surface area contributed by atoms with E-state index in [1.165, 1.54) is 0 Å². The summed E-state index contributed by atoms with van der Waals surface area (Å²) < 4.78 is 0. The Morgan fingerprint density at radius 3 is 2.50 bits per heavy atom. The second-order valence-electron chi connectivity index (χ2n) is 4.27. The molecule has 1 rings (SSSR count). The lowest BCUT2D eigenvalue weighted by Crippen LogP contribution is -2.40. The molecule has 0 aliphatic carbocycles. The van der Waals surface area contributed by atoms with Crippen molar-refractivity contribution < 1.29 is 19.5 Å². The summed E-state index contributed by atoms with van der Waals surface area (Å²) in [5, 5.41) is 13.2. The summed E-state index contributed by atoms with van der Waals surface area (Å²) >= 11 is 0. The zero-order valence-electron chi connectivity index (χ0n) is 11.1. The molecular weight excluding hydrogens is 262 g/mol. The fourth-order valence-corrected chi connectivity index (χ4v) is 1.56. The maximum Gasteiger partial charge on any atom is 0.321 e. The van der Waals surface area contributed by atoms with Crippen LogP contribution < -0.4 is 10.6 Å². The molecule has 0 radical (unpaired) electrons. The molecule has 0 fully saturated rings. The first-order chi connectivity index (χ1) is 9.49. The quantitative estimate of drug-likeness (QED) is 0.725. The van der Waals surface area contributed by atoms with Crippen LogP contribution in [0.1, 0.15) is 37.8 Å². The molecule has 0 aromatic carbocycles. The van der Waals surface area contributed by atoms with Crippen molar-refractivity contribution in [1.82, 2.24) is 15.6 Å². The van der Waals surface area contributed by atoms with Crippen molar-refractivity contribution in [2.75, 3.05) is 0 Å². The number of pyridine rings is 1. The van der Waals surface area contributed by atoms with Crippen LogP contribution in [0.4, 0.5) is 4.79 Å². The number of urea groups is 1. The molecule has 0 saturated heterocycles. The molecule has 0 aliphatic heterocycles. The van der Waals surface area contributed by atoms with E-state index in [1.807, 2.05) is 0 Å². The summed E-state index contributed by atoms with van der Waals surface area (Å²) in [6.45, 7) is 1.78. The van der Waals surface area contributed by atoms with Crippen LogP contribution >= 0.6 is 0 Å². The van der Waals surface area contributed by atoms with E-state index in [1.54, 1.807) is 31.5 Å². The van der Waals surface area contributed by atoms with E-state index in [0.29, 0.717) is 0 Å². The summed E-state index contributed by atoms with van der Waals surface area (Å²) in [7, 11) is 0. The monoisotopic (exact) mass is 279 g/mol. The molecule has 1 aromatic rings. The van der Waals surface area contributed by atoms with Crippen LogP contribution in [0.25, 0.3) is 0 Å². The van der Waals surface area contributed by atoms with Crippen molar-refractivity contribution in [1.29, 1.82) is 0 Å². The van der Waals surface area contributed by atoms with Gasteiger partial charge in [-0.25, -0.2) is 4.79 Å². The van der Waals surface area contributed by atoms with Gasteiger partial charge in [-0.2, -0.15) is 0 Å². The van der Waals surface area contributed by atoms with E-state index in [2.05, 4.69) is 15.6 Å². The van der Waals surface area contributed by atoms with Crippen molar-refractivity contribution >= 4 is 17.9 Å². The number of carbonyl (C=O) groups excluding carboxylic acids is 2. The van der Waals surface area contributed by atoms with Crippen LogP contribution in [0, 0.1) is 0 Å². The summed E-state index contributed by atoms with van der Waals surface area (Å²) in [5.74, 6) is -1.46. The van der Waals surface area contributed by atoms with Gasteiger partial charge in [0.1, 0.15) is 0 Å². The second-order valence-corrected chi connectivity index (χ2v) is 4.27. The van der Waals surface area contributed by atoms with Gasteiger partial charge in [0, 0.05) is 25.2 Å². The standard InChI is InChI=1S/C13H17N3O4/c1-9(10-5-7-14-8-6-10)15-13(20)16-11(17)3-2-4-12(18)19/h5-9H,2-4H2,1H3,(H,18,19)(H2,15,16,17,20). The van der Waals surface area contributed by atoms with E-state index < -0.39 is 17.9 Å². The number of aromatic nitrogens is 1. The Hall–Kier alpha value is -2.44. The van der Waals surface area contributed by atoms with Crippen LogP contribution in [0.5, 0.6) is 0 Å². The van der Waals surface area contributed by atoms with Gasteiger partial charge in [0.2, 0.25) is 5.91 Å². The lowest BCUT2D eigenvalue weighted by Gasteiger charge is -2.14. The number of hydrogen-bond acceptors (Lipinski definition) is 4. The molecule has 1 unspecified atom stereocenters. The van der Waals surface area contributed by atoms with Gasteiger partial charge >= 0.3 is 12.0 Å². The average molecular weight is 279 g/mol. The first-order valence-electron chi connectivity index (χ1n) is 6.21. The number of carbonyl (C=O) groups is 3. The van der Waals surface area contributed by atoms with Crippen LogP contribution in [-0.2, 0) is 9.59 Å². The smallest absolute Gasteiger partial charge is 0.321 e. The minimum absolute atomic E-state index is 0.00333. The predicted molar refractivity (Wildman–Crippen MR) is 70.8 cm³/mol. The van der Waals surface area contributed by atoms with Gasteiger partial charge in [-0.1, -0.05) is 0 Å². The van der Waals surface area contributed by atoms with Crippen molar-refractivity contribution in [3.05, 3.63) is 30.1 Å². The number of amides is 3. The second kappa shape index (κ2) is 7.88. The van der Waals surface area contributed by atoms with Gasteiger partial charge in [-0.15, -0.1) is 0 Å². The highest BCUT2D eigenvalue weighted by Crippen LogP contribution is 2.09. The topological polar surface area (TPSA) is 108 Å². The van der Waals surface area contributed by atoms with Gasteiger partial charge in [0.05, 0.1) is 6.04 Å². The Morgan fingerprint density at radius 1 is 1.25 bits per heavy atom. The Labute approximate surface area is 116 Å².